The Hall–Kier alpha value is -1.45. The molecule has 1 aliphatic heterocycles. The molecule has 1 amide bonds. The second-order valence-corrected chi connectivity index (χ2v) is 6.71. The quantitative estimate of drug-likeness (QED) is 0.705. The molecule has 8 nitrogen and oxygen atoms in total. The van der Waals surface area contributed by atoms with Gasteiger partial charge in [0.05, 0.1) is 6.26 Å². The van der Waals surface area contributed by atoms with Crippen LogP contribution in [0.15, 0.2) is 12.3 Å². The van der Waals surface area contributed by atoms with Gasteiger partial charge in [-0.25, -0.2) is 8.42 Å². The fourth-order valence-electron chi connectivity index (χ4n) is 2.09. The van der Waals surface area contributed by atoms with Gasteiger partial charge in [-0.05, 0) is 6.07 Å². The lowest BCUT2D eigenvalue weighted by molar-refractivity contribution is 0.0940. The number of amides is 1. The lowest BCUT2D eigenvalue weighted by Gasteiger charge is -2.33. The third-order valence-corrected chi connectivity index (χ3v) is 4.56. The van der Waals surface area contributed by atoms with Gasteiger partial charge in [-0.2, -0.15) is 9.40 Å². The van der Waals surface area contributed by atoms with Crippen LogP contribution < -0.4 is 5.32 Å². The minimum atomic E-state index is -3.09. The number of hydrogen-bond donors (Lipinski definition) is 2. The van der Waals surface area contributed by atoms with Gasteiger partial charge in [0.25, 0.3) is 5.91 Å². The highest BCUT2D eigenvalue weighted by atomic mass is 32.2. The van der Waals surface area contributed by atoms with Crippen LogP contribution in [0.25, 0.3) is 0 Å². The van der Waals surface area contributed by atoms with E-state index in [1.807, 2.05) is 0 Å². The molecule has 112 valence electrons. The van der Waals surface area contributed by atoms with Crippen molar-refractivity contribution < 1.29 is 13.2 Å². The topological polar surface area (TPSA) is 98.4 Å². The van der Waals surface area contributed by atoms with E-state index in [0.29, 0.717) is 45.0 Å². The molecular formula is C11H19N5O3S. The maximum atomic E-state index is 11.6. The fraction of sp³-hybridized carbons (Fsp3) is 0.636. The smallest absolute Gasteiger partial charge is 0.269 e. The highest BCUT2D eigenvalue weighted by Gasteiger charge is 2.22. The van der Waals surface area contributed by atoms with Crippen LogP contribution in [0.5, 0.6) is 0 Å². The number of nitrogens with zero attached hydrogens (tertiary/aromatic N) is 3. The summed E-state index contributed by atoms with van der Waals surface area (Å²) in [7, 11) is -3.09. The number of hydrogen-bond acceptors (Lipinski definition) is 5. The Morgan fingerprint density at radius 3 is 2.65 bits per heavy atom. The standard InChI is InChI=1S/C11H19N5O3S/c1-20(18,19)16-8-6-15(7-9-16)5-4-12-11(17)10-2-3-13-14-10/h2-3H,4-9H2,1H3,(H,12,17)(H,13,14). The van der Waals surface area contributed by atoms with Crippen molar-refractivity contribution in [1.29, 1.82) is 0 Å². The van der Waals surface area contributed by atoms with Gasteiger partial charge >= 0.3 is 0 Å². The fourth-order valence-corrected chi connectivity index (χ4v) is 2.92. The van der Waals surface area contributed by atoms with Gasteiger partial charge < -0.3 is 5.32 Å². The molecule has 2 heterocycles. The highest BCUT2D eigenvalue weighted by molar-refractivity contribution is 7.88. The molecule has 20 heavy (non-hydrogen) atoms. The van der Waals surface area contributed by atoms with Crippen LogP contribution in [0.1, 0.15) is 10.5 Å². The predicted octanol–water partition coefficient (Wildman–Crippen LogP) is -1.28. The number of carbonyl (C=O) groups is 1. The largest absolute Gasteiger partial charge is 0.349 e. The lowest BCUT2D eigenvalue weighted by atomic mass is 10.3. The summed E-state index contributed by atoms with van der Waals surface area (Å²) in [5.41, 5.74) is 0.437. The number of carbonyl (C=O) groups excluding carboxylic acids is 1. The van der Waals surface area contributed by atoms with Crippen LogP contribution in [-0.2, 0) is 10.0 Å². The third kappa shape index (κ3) is 4.02. The summed E-state index contributed by atoms with van der Waals surface area (Å²) < 4.78 is 24.2. The molecule has 0 aromatic carbocycles. The van der Waals surface area contributed by atoms with Crippen molar-refractivity contribution in [3.8, 4) is 0 Å². The van der Waals surface area contributed by atoms with E-state index in [0.717, 1.165) is 0 Å². The molecule has 0 unspecified atom stereocenters. The molecule has 0 aliphatic carbocycles. The van der Waals surface area contributed by atoms with E-state index in [9.17, 15) is 13.2 Å². The first kappa shape index (κ1) is 14.9. The van der Waals surface area contributed by atoms with Crippen molar-refractivity contribution in [3.05, 3.63) is 18.0 Å². The molecule has 9 heteroatoms. The Labute approximate surface area is 118 Å². The van der Waals surface area contributed by atoms with Crippen molar-refractivity contribution in [3.63, 3.8) is 0 Å². The average molecular weight is 301 g/mol. The molecule has 0 radical (unpaired) electrons. The highest BCUT2D eigenvalue weighted by Crippen LogP contribution is 2.05. The van der Waals surface area contributed by atoms with E-state index in [1.165, 1.54) is 16.8 Å². The molecule has 2 rings (SSSR count). The van der Waals surface area contributed by atoms with Gasteiger partial charge in [-0.3, -0.25) is 14.8 Å². The Balaban J connectivity index is 1.68. The van der Waals surface area contributed by atoms with Gasteiger partial charge in [0.15, 0.2) is 0 Å². The molecule has 2 N–H and O–H groups in total. The van der Waals surface area contributed by atoms with Crippen LogP contribution in [0.4, 0.5) is 0 Å². The average Bonchev–Trinajstić information content (AvgIpc) is 2.92. The summed E-state index contributed by atoms with van der Waals surface area (Å²) in [6.45, 7) is 3.62. The molecule has 0 bridgehead atoms. The van der Waals surface area contributed by atoms with Crippen LogP contribution in [0, 0.1) is 0 Å². The Morgan fingerprint density at radius 2 is 2.10 bits per heavy atom. The molecule has 1 aliphatic rings. The number of H-pyrrole nitrogens is 1. The summed E-state index contributed by atoms with van der Waals surface area (Å²) >= 11 is 0. The zero-order chi connectivity index (χ0) is 14.6. The van der Waals surface area contributed by atoms with Gasteiger partial charge in [-0.1, -0.05) is 0 Å². The zero-order valence-corrected chi connectivity index (χ0v) is 12.2. The molecule has 1 aromatic heterocycles. The van der Waals surface area contributed by atoms with Crippen LogP contribution in [0.2, 0.25) is 0 Å². The summed E-state index contributed by atoms with van der Waals surface area (Å²) in [5, 5.41) is 9.10. The molecule has 1 fully saturated rings. The summed E-state index contributed by atoms with van der Waals surface area (Å²) in [5.74, 6) is -0.183. The number of rotatable bonds is 5. The molecular weight excluding hydrogens is 282 g/mol. The number of nitrogens with one attached hydrogen (secondary N) is 2. The number of aromatic nitrogens is 2. The van der Waals surface area contributed by atoms with Crippen molar-refractivity contribution in [1.82, 2.24) is 24.7 Å². The van der Waals surface area contributed by atoms with Crippen LogP contribution in [-0.4, -0.2) is 79.3 Å². The van der Waals surface area contributed by atoms with Gasteiger partial charge in [0, 0.05) is 45.5 Å². The number of sulfonamides is 1. The van der Waals surface area contributed by atoms with E-state index < -0.39 is 10.0 Å². The van der Waals surface area contributed by atoms with E-state index >= 15 is 0 Å². The normalized spacial score (nSPS) is 18.1. The number of aromatic amines is 1. The van der Waals surface area contributed by atoms with Crippen molar-refractivity contribution in [2.45, 2.75) is 0 Å². The van der Waals surface area contributed by atoms with E-state index in [4.69, 9.17) is 0 Å². The van der Waals surface area contributed by atoms with Crippen LogP contribution in [0.3, 0.4) is 0 Å². The molecule has 1 aromatic rings. The second-order valence-electron chi connectivity index (χ2n) is 4.73. The van der Waals surface area contributed by atoms with Crippen LogP contribution >= 0.6 is 0 Å². The first-order chi connectivity index (χ1) is 9.47. The SMILES string of the molecule is CS(=O)(=O)N1CCN(CCNC(=O)c2ccn[nH]2)CC1. The Morgan fingerprint density at radius 1 is 1.40 bits per heavy atom. The van der Waals surface area contributed by atoms with E-state index in [-0.39, 0.29) is 5.91 Å². The zero-order valence-electron chi connectivity index (χ0n) is 11.4. The summed E-state index contributed by atoms with van der Waals surface area (Å²) in [6.07, 6.45) is 2.76. The molecule has 1 saturated heterocycles. The van der Waals surface area contributed by atoms with Crippen molar-refractivity contribution >= 4 is 15.9 Å². The number of piperazine rings is 1. The van der Waals surface area contributed by atoms with Gasteiger partial charge in [0.2, 0.25) is 10.0 Å². The van der Waals surface area contributed by atoms with Gasteiger partial charge in [-0.15, -0.1) is 0 Å². The van der Waals surface area contributed by atoms with Crippen molar-refractivity contribution in [2.75, 3.05) is 45.5 Å². The molecule has 0 saturated carbocycles. The summed E-state index contributed by atoms with van der Waals surface area (Å²) in [4.78, 5) is 13.8. The van der Waals surface area contributed by atoms with Gasteiger partial charge in [0.1, 0.15) is 5.69 Å². The third-order valence-electron chi connectivity index (χ3n) is 3.26. The maximum absolute atomic E-state index is 11.6. The molecule has 0 atom stereocenters. The first-order valence-corrected chi connectivity index (χ1v) is 8.27. The molecule has 0 spiro atoms. The Bertz CT molecular complexity index is 534. The summed E-state index contributed by atoms with van der Waals surface area (Å²) in [6, 6.07) is 1.61. The minimum absolute atomic E-state index is 0.183. The Kier molecular flexibility index (Phi) is 4.73. The monoisotopic (exact) mass is 301 g/mol. The predicted molar refractivity (Wildman–Crippen MR) is 73.8 cm³/mol. The second kappa shape index (κ2) is 6.33. The van der Waals surface area contributed by atoms with Crippen molar-refractivity contribution in [2.24, 2.45) is 0 Å². The minimum Gasteiger partial charge on any atom is -0.349 e. The lowest BCUT2D eigenvalue weighted by Crippen LogP contribution is -2.49. The first-order valence-electron chi connectivity index (χ1n) is 6.42. The van der Waals surface area contributed by atoms with E-state index in [1.54, 1.807) is 6.07 Å². The maximum Gasteiger partial charge on any atom is 0.269 e. The van der Waals surface area contributed by atoms with E-state index in [2.05, 4.69) is 20.4 Å².